The van der Waals surface area contributed by atoms with Crippen molar-refractivity contribution in [3.63, 3.8) is 0 Å². The number of carbonyl (C=O) groups excluding carboxylic acids is 2. The van der Waals surface area contributed by atoms with Crippen LogP contribution in [0.15, 0.2) is 0 Å². The third kappa shape index (κ3) is 2.86. The minimum atomic E-state index is 0.0492. The maximum atomic E-state index is 11.8. The molecule has 2 amide bonds. The average Bonchev–Trinajstić information content (AvgIpc) is 2.31. The van der Waals surface area contributed by atoms with E-state index in [0.717, 1.165) is 38.6 Å². The van der Waals surface area contributed by atoms with Gasteiger partial charge in [0.1, 0.15) is 0 Å². The first kappa shape index (κ1) is 12.6. The fourth-order valence-corrected chi connectivity index (χ4v) is 3.00. The molecular weight excluding hydrogens is 216 g/mol. The third-order valence-corrected chi connectivity index (χ3v) is 3.87. The molecule has 96 valence electrons. The van der Waals surface area contributed by atoms with Crippen molar-refractivity contribution in [3.05, 3.63) is 0 Å². The molecule has 0 radical (unpaired) electrons. The van der Waals surface area contributed by atoms with Gasteiger partial charge in [0.05, 0.1) is 0 Å². The second-order valence-electron chi connectivity index (χ2n) is 5.07. The number of rotatable bonds is 3. The summed E-state index contributed by atoms with van der Waals surface area (Å²) in [5, 5.41) is 3.44. The highest BCUT2D eigenvalue weighted by atomic mass is 16.2. The van der Waals surface area contributed by atoms with E-state index < -0.39 is 0 Å². The topological polar surface area (TPSA) is 49.4 Å². The van der Waals surface area contributed by atoms with Gasteiger partial charge in [-0.05, 0) is 38.6 Å². The fraction of sp³-hybridized carbons (Fsp3) is 0.846. The van der Waals surface area contributed by atoms with Gasteiger partial charge in [0, 0.05) is 24.9 Å². The van der Waals surface area contributed by atoms with Crippen molar-refractivity contribution in [2.24, 2.45) is 0 Å². The Balaban J connectivity index is 1.91. The van der Waals surface area contributed by atoms with Gasteiger partial charge in [0.15, 0.2) is 0 Å². The van der Waals surface area contributed by atoms with Crippen molar-refractivity contribution in [2.75, 3.05) is 6.54 Å². The first-order valence-electron chi connectivity index (χ1n) is 6.80. The molecule has 1 aliphatic carbocycles. The Morgan fingerprint density at radius 3 is 2.24 bits per heavy atom. The molecule has 0 atom stereocenters. The van der Waals surface area contributed by atoms with Gasteiger partial charge in [-0.15, -0.1) is 0 Å². The van der Waals surface area contributed by atoms with E-state index in [1.54, 1.807) is 4.90 Å². The van der Waals surface area contributed by atoms with Gasteiger partial charge >= 0.3 is 0 Å². The molecule has 2 rings (SSSR count). The normalized spacial score (nSPS) is 30.8. The number of nitrogens with zero attached hydrogens (tertiary/aromatic N) is 1. The summed E-state index contributed by atoms with van der Waals surface area (Å²) in [5.41, 5.74) is 0. The molecule has 2 fully saturated rings. The van der Waals surface area contributed by atoms with Crippen LogP contribution < -0.4 is 5.32 Å². The minimum absolute atomic E-state index is 0.0492. The maximum absolute atomic E-state index is 11.8. The van der Waals surface area contributed by atoms with Gasteiger partial charge in [-0.3, -0.25) is 14.5 Å². The largest absolute Gasteiger partial charge is 0.314 e. The van der Waals surface area contributed by atoms with E-state index in [0.29, 0.717) is 18.9 Å². The molecule has 1 heterocycles. The van der Waals surface area contributed by atoms with E-state index >= 15 is 0 Å². The number of likely N-dealkylation sites (tertiary alicyclic amines) is 1. The lowest BCUT2D eigenvalue weighted by Gasteiger charge is -2.37. The SMILES string of the molecule is CCNC1CCC(N2C(=O)CCCC2=O)CC1. The summed E-state index contributed by atoms with van der Waals surface area (Å²) < 4.78 is 0. The molecule has 0 bridgehead atoms. The Morgan fingerprint density at radius 1 is 1.12 bits per heavy atom. The molecule has 1 saturated carbocycles. The summed E-state index contributed by atoms with van der Waals surface area (Å²) in [6.45, 7) is 3.11. The lowest BCUT2D eigenvalue weighted by Crippen LogP contribution is -2.49. The van der Waals surface area contributed by atoms with Gasteiger partial charge in [0.25, 0.3) is 0 Å². The van der Waals surface area contributed by atoms with Crippen LogP contribution in [0.2, 0.25) is 0 Å². The molecule has 17 heavy (non-hydrogen) atoms. The van der Waals surface area contributed by atoms with Crippen molar-refractivity contribution < 1.29 is 9.59 Å². The zero-order valence-electron chi connectivity index (χ0n) is 10.6. The summed E-state index contributed by atoms with van der Waals surface area (Å²) in [7, 11) is 0. The van der Waals surface area contributed by atoms with Crippen LogP contribution in [0.4, 0.5) is 0 Å². The van der Waals surface area contributed by atoms with Crippen LogP contribution in [0.25, 0.3) is 0 Å². The Morgan fingerprint density at radius 2 is 1.71 bits per heavy atom. The number of piperidine rings is 1. The Bertz CT molecular complexity index is 280. The number of imide groups is 1. The first-order valence-corrected chi connectivity index (χ1v) is 6.80. The lowest BCUT2D eigenvalue weighted by atomic mass is 9.89. The highest BCUT2D eigenvalue weighted by Gasteiger charge is 2.34. The molecule has 4 nitrogen and oxygen atoms in total. The quantitative estimate of drug-likeness (QED) is 0.757. The fourth-order valence-electron chi connectivity index (χ4n) is 3.00. The van der Waals surface area contributed by atoms with Crippen LogP contribution in [-0.4, -0.2) is 35.3 Å². The molecule has 4 heteroatoms. The molecule has 1 saturated heterocycles. The Hall–Kier alpha value is -0.900. The van der Waals surface area contributed by atoms with Crippen LogP contribution in [-0.2, 0) is 9.59 Å². The summed E-state index contributed by atoms with van der Waals surface area (Å²) >= 11 is 0. The number of hydrogen-bond donors (Lipinski definition) is 1. The van der Waals surface area contributed by atoms with Crippen LogP contribution in [0, 0.1) is 0 Å². The second kappa shape index (κ2) is 5.63. The van der Waals surface area contributed by atoms with E-state index in [-0.39, 0.29) is 17.9 Å². The summed E-state index contributed by atoms with van der Waals surface area (Å²) in [5.74, 6) is 0.0984. The first-order chi connectivity index (χ1) is 8.22. The summed E-state index contributed by atoms with van der Waals surface area (Å²) in [6, 6.07) is 0.747. The second-order valence-corrected chi connectivity index (χ2v) is 5.07. The monoisotopic (exact) mass is 238 g/mol. The van der Waals surface area contributed by atoms with Crippen molar-refractivity contribution >= 4 is 11.8 Å². The maximum Gasteiger partial charge on any atom is 0.229 e. The number of nitrogens with one attached hydrogen (secondary N) is 1. The van der Waals surface area contributed by atoms with Gasteiger partial charge < -0.3 is 5.32 Å². The molecule has 0 aromatic rings. The summed E-state index contributed by atoms with van der Waals surface area (Å²) in [6.07, 6.45) is 5.94. The molecule has 2 aliphatic rings. The van der Waals surface area contributed by atoms with Gasteiger partial charge in [-0.2, -0.15) is 0 Å². The van der Waals surface area contributed by atoms with Gasteiger partial charge in [-0.25, -0.2) is 0 Å². The Labute approximate surface area is 103 Å². The molecule has 1 N–H and O–H groups in total. The standard InChI is InChI=1S/C13H22N2O2/c1-2-14-10-6-8-11(9-7-10)15-12(16)4-3-5-13(15)17/h10-11,14H,2-9H2,1H3. The van der Waals surface area contributed by atoms with Crippen LogP contribution in [0.5, 0.6) is 0 Å². The van der Waals surface area contributed by atoms with E-state index in [1.807, 2.05) is 0 Å². The van der Waals surface area contributed by atoms with Crippen molar-refractivity contribution in [1.82, 2.24) is 10.2 Å². The Kier molecular flexibility index (Phi) is 4.15. The molecular formula is C13H22N2O2. The van der Waals surface area contributed by atoms with E-state index in [4.69, 9.17) is 0 Å². The van der Waals surface area contributed by atoms with Crippen LogP contribution in [0.1, 0.15) is 51.9 Å². The highest BCUT2D eigenvalue weighted by molar-refractivity contribution is 5.97. The lowest BCUT2D eigenvalue weighted by molar-refractivity contribution is -0.151. The number of hydrogen-bond acceptors (Lipinski definition) is 3. The van der Waals surface area contributed by atoms with Crippen LogP contribution >= 0.6 is 0 Å². The third-order valence-electron chi connectivity index (χ3n) is 3.87. The van der Waals surface area contributed by atoms with Crippen molar-refractivity contribution in [3.8, 4) is 0 Å². The van der Waals surface area contributed by atoms with E-state index in [9.17, 15) is 9.59 Å². The number of amides is 2. The smallest absolute Gasteiger partial charge is 0.229 e. The highest BCUT2D eigenvalue weighted by Crippen LogP contribution is 2.26. The van der Waals surface area contributed by atoms with Crippen molar-refractivity contribution in [2.45, 2.75) is 64.0 Å². The predicted molar refractivity (Wildman–Crippen MR) is 65.4 cm³/mol. The molecule has 0 unspecified atom stereocenters. The average molecular weight is 238 g/mol. The van der Waals surface area contributed by atoms with E-state index in [2.05, 4.69) is 12.2 Å². The van der Waals surface area contributed by atoms with E-state index in [1.165, 1.54) is 0 Å². The molecule has 0 spiro atoms. The van der Waals surface area contributed by atoms with Crippen LogP contribution in [0.3, 0.4) is 0 Å². The predicted octanol–water partition coefficient (Wildman–Crippen LogP) is 1.45. The molecule has 0 aromatic carbocycles. The van der Waals surface area contributed by atoms with Crippen molar-refractivity contribution in [1.29, 1.82) is 0 Å². The molecule has 1 aliphatic heterocycles. The van der Waals surface area contributed by atoms with Gasteiger partial charge in [0.2, 0.25) is 11.8 Å². The number of carbonyl (C=O) groups is 2. The zero-order chi connectivity index (χ0) is 12.3. The zero-order valence-corrected chi connectivity index (χ0v) is 10.6. The minimum Gasteiger partial charge on any atom is -0.314 e. The van der Waals surface area contributed by atoms with Gasteiger partial charge in [-0.1, -0.05) is 6.92 Å². The summed E-state index contributed by atoms with van der Waals surface area (Å²) in [4.78, 5) is 25.2. The molecule has 0 aromatic heterocycles.